The Hall–Kier alpha value is -1.65. The van der Waals surface area contributed by atoms with Crippen molar-refractivity contribution >= 4 is 34.2 Å². The zero-order chi connectivity index (χ0) is 12.7. The van der Waals surface area contributed by atoms with Crippen LogP contribution >= 0.6 is 22.9 Å². The van der Waals surface area contributed by atoms with Crippen LogP contribution in [-0.4, -0.2) is 15.7 Å². The van der Waals surface area contributed by atoms with Gasteiger partial charge in [-0.1, -0.05) is 17.7 Å². The van der Waals surface area contributed by atoms with Crippen LogP contribution in [0.3, 0.4) is 0 Å². The summed E-state index contributed by atoms with van der Waals surface area (Å²) in [4.78, 5) is 16.0. The molecule has 3 aromatic rings. The lowest BCUT2D eigenvalue weighted by Crippen LogP contribution is -1.91. The number of hydrogen-bond acceptors (Lipinski definition) is 3. The van der Waals surface area contributed by atoms with E-state index in [2.05, 4.69) is 4.98 Å². The number of thiazole rings is 1. The average molecular weight is 277 g/mol. The van der Waals surface area contributed by atoms with Gasteiger partial charge in [-0.2, -0.15) is 0 Å². The zero-order valence-electron chi connectivity index (χ0n) is 9.55. The van der Waals surface area contributed by atoms with Crippen molar-refractivity contribution in [1.82, 2.24) is 9.38 Å². The molecule has 0 bridgehead atoms. The summed E-state index contributed by atoms with van der Waals surface area (Å²) in [5.74, 6) is 0. The minimum atomic E-state index is 0.564. The molecule has 0 radical (unpaired) electrons. The molecule has 0 aliphatic carbocycles. The Morgan fingerprint density at radius 1 is 1.44 bits per heavy atom. The second-order valence-corrected chi connectivity index (χ2v) is 5.25. The molecule has 18 heavy (non-hydrogen) atoms. The number of rotatable bonds is 2. The number of aryl methyl sites for hydroxylation is 1. The van der Waals surface area contributed by atoms with Crippen molar-refractivity contribution < 1.29 is 4.79 Å². The third-order valence-corrected chi connectivity index (χ3v) is 4.11. The van der Waals surface area contributed by atoms with E-state index in [1.165, 1.54) is 11.3 Å². The van der Waals surface area contributed by atoms with Crippen molar-refractivity contribution in [2.45, 2.75) is 6.92 Å². The van der Waals surface area contributed by atoms with Gasteiger partial charge in [-0.05, 0) is 30.2 Å². The Kier molecular flexibility index (Phi) is 2.69. The maximum atomic E-state index is 11.0. The summed E-state index contributed by atoms with van der Waals surface area (Å²) in [5, 5.41) is 2.74. The first-order valence-electron chi connectivity index (χ1n) is 5.37. The van der Waals surface area contributed by atoms with Crippen LogP contribution in [0.25, 0.3) is 16.2 Å². The summed E-state index contributed by atoms with van der Waals surface area (Å²) in [6.45, 7) is 1.96. The maximum Gasteiger partial charge on any atom is 0.194 e. The summed E-state index contributed by atoms with van der Waals surface area (Å²) in [5.41, 5.74) is 3.58. The van der Waals surface area contributed by atoms with Crippen LogP contribution < -0.4 is 0 Å². The molecule has 1 aromatic carbocycles. The van der Waals surface area contributed by atoms with Crippen LogP contribution in [0.2, 0.25) is 5.02 Å². The third kappa shape index (κ3) is 1.65. The molecule has 0 unspecified atom stereocenters. The molecule has 0 aliphatic rings. The van der Waals surface area contributed by atoms with Crippen LogP contribution in [0, 0.1) is 6.92 Å². The monoisotopic (exact) mass is 276 g/mol. The Balaban J connectivity index is 2.27. The van der Waals surface area contributed by atoms with Gasteiger partial charge in [0, 0.05) is 10.4 Å². The average Bonchev–Trinajstić information content (AvgIpc) is 2.93. The maximum absolute atomic E-state index is 11.0. The van der Waals surface area contributed by atoms with E-state index in [4.69, 9.17) is 11.6 Å². The third-order valence-electron chi connectivity index (χ3n) is 2.85. The van der Waals surface area contributed by atoms with Crippen molar-refractivity contribution in [2.75, 3.05) is 0 Å². The van der Waals surface area contributed by atoms with E-state index in [0.29, 0.717) is 5.69 Å². The lowest BCUT2D eigenvalue weighted by atomic mass is 10.1. The first-order valence-corrected chi connectivity index (χ1v) is 6.63. The van der Waals surface area contributed by atoms with Crippen molar-refractivity contribution in [2.24, 2.45) is 0 Å². The second-order valence-electron chi connectivity index (χ2n) is 4.00. The zero-order valence-corrected chi connectivity index (χ0v) is 11.1. The lowest BCUT2D eigenvalue weighted by Gasteiger charge is -2.04. The van der Waals surface area contributed by atoms with Gasteiger partial charge in [0.15, 0.2) is 11.2 Å². The first kappa shape index (κ1) is 11.4. The number of carbonyl (C=O) groups excluding carboxylic acids is 1. The van der Waals surface area contributed by atoms with E-state index in [1.54, 1.807) is 6.20 Å². The molecule has 0 saturated heterocycles. The molecule has 0 aliphatic heterocycles. The molecule has 0 N–H and O–H groups in total. The summed E-state index contributed by atoms with van der Waals surface area (Å²) in [6, 6.07) is 5.83. The van der Waals surface area contributed by atoms with E-state index in [0.717, 1.165) is 33.1 Å². The van der Waals surface area contributed by atoms with Gasteiger partial charge in [0.1, 0.15) is 5.69 Å². The molecule has 2 heterocycles. The fourth-order valence-corrected chi connectivity index (χ4v) is 2.92. The highest BCUT2D eigenvalue weighted by atomic mass is 35.5. The summed E-state index contributed by atoms with van der Waals surface area (Å²) < 4.78 is 1.86. The van der Waals surface area contributed by atoms with Gasteiger partial charge in [0.05, 0.1) is 11.9 Å². The van der Waals surface area contributed by atoms with Crippen LogP contribution in [-0.2, 0) is 0 Å². The van der Waals surface area contributed by atoms with Crippen LogP contribution in [0.5, 0.6) is 0 Å². The molecule has 2 aromatic heterocycles. The van der Waals surface area contributed by atoms with Gasteiger partial charge >= 0.3 is 0 Å². The predicted octanol–water partition coefficient (Wildman–Crippen LogP) is 3.84. The van der Waals surface area contributed by atoms with Crippen molar-refractivity contribution in [3.8, 4) is 11.3 Å². The predicted molar refractivity (Wildman–Crippen MR) is 73.6 cm³/mol. The quantitative estimate of drug-likeness (QED) is 0.667. The number of carbonyl (C=O) groups is 1. The van der Waals surface area contributed by atoms with Gasteiger partial charge in [-0.25, -0.2) is 4.98 Å². The molecule has 0 saturated carbocycles. The number of aldehydes is 1. The minimum Gasteiger partial charge on any atom is -0.296 e. The topological polar surface area (TPSA) is 34.4 Å². The molecule has 5 heteroatoms. The molecular weight excluding hydrogens is 268 g/mol. The molecule has 3 nitrogen and oxygen atoms in total. The van der Waals surface area contributed by atoms with E-state index in [1.807, 2.05) is 34.9 Å². The molecule has 0 atom stereocenters. The number of imidazole rings is 1. The number of fused-ring (bicyclic) bond motifs is 1. The molecule has 90 valence electrons. The number of benzene rings is 1. The van der Waals surface area contributed by atoms with Gasteiger partial charge in [0.2, 0.25) is 0 Å². The minimum absolute atomic E-state index is 0.564. The smallest absolute Gasteiger partial charge is 0.194 e. The van der Waals surface area contributed by atoms with E-state index >= 15 is 0 Å². The van der Waals surface area contributed by atoms with Crippen LogP contribution in [0.1, 0.15) is 16.1 Å². The fourth-order valence-electron chi connectivity index (χ4n) is 1.92. The van der Waals surface area contributed by atoms with Gasteiger partial charge < -0.3 is 0 Å². The highest BCUT2D eigenvalue weighted by Crippen LogP contribution is 2.29. The van der Waals surface area contributed by atoms with Crippen molar-refractivity contribution in [3.63, 3.8) is 0 Å². The standard InChI is InChI=1S/C13H9ClN2OS/c1-8-4-9(2-3-11(8)14)12-7-18-13-15-5-10(6-17)16(12)13/h2-7H,1H3. The molecule has 0 spiro atoms. The lowest BCUT2D eigenvalue weighted by molar-refractivity contribution is 0.111. The molecule has 0 fully saturated rings. The number of aromatic nitrogens is 2. The number of halogens is 1. The normalized spacial score (nSPS) is 11.0. The van der Waals surface area contributed by atoms with Crippen LogP contribution in [0.4, 0.5) is 0 Å². The Morgan fingerprint density at radius 2 is 2.28 bits per heavy atom. The van der Waals surface area contributed by atoms with E-state index in [9.17, 15) is 4.79 Å². The molecular formula is C13H9ClN2OS. The SMILES string of the molecule is Cc1cc(-c2csc3ncc(C=O)n23)ccc1Cl. The Labute approximate surface area is 113 Å². The van der Waals surface area contributed by atoms with Gasteiger partial charge in [0.25, 0.3) is 0 Å². The number of nitrogens with zero attached hydrogens (tertiary/aromatic N) is 2. The van der Waals surface area contributed by atoms with Gasteiger partial charge in [-0.15, -0.1) is 11.3 Å². The second kappa shape index (κ2) is 4.23. The summed E-state index contributed by atoms with van der Waals surface area (Å²) >= 11 is 7.54. The highest BCUT2D eigenvalue weighted by Gasteiger charge is 2.11. The number of hydrogen-bond donors (Lipinski definition) is 0. The molecule has 3 rings (SSSR count). The molecule has 0 amide bonds. The van der Waals surface area contributed by atoms with Crippen LogP contribution in [0.15, 0.2) is 29.8 Å². The Bertz CT molecular complexity index is 745. The van der Waals surface area contributed by atoms with E-state index in [-0.39, 0.29) is 0 Å². The van der Waals surface area contributed by atoms with Crippen molar-refractivity contribution in [3.05, 3.63) is 46.1 Å². The van der Waals surface area contributed by atoms with Gasteiger partial charge in [-0.3, -0.25) is 9.20 Å². The summed E-state index contributed by atoms with van der Waals surface area (Å²) in [6.07, 6.45) is 2.41. The fraction of sp³-hybridized carbons (Fsp3) is 0.0769. The Morgan fingerprint density at radius 3 is 3.00 bits per heavy atom. The summed E-state index contributed by atoms with van der Waals surface area (Å²) in [7, 11) is 0. The van der Waals surface area contributed by atoms with E-state index < -0.39 is 0 Å². The first-order chi connectivity index (χ1) is 8.70. The largest absolute Gasteiger partial charge is 0.296 e. The highest BCUT2D eigenvalue weighted by molar-refractivity contribution is 7.15. The van der Waals surface area contributed by atoms with Crippen molar-refractivity contribution in [1.29, 1.82) is 0 Å².